The highest BCUT2D eigenvalue weighted by Crippen LogP contribution is 2.25. The second-order valence-corrected chi connectivity index (χ2v) is 3.62. The van der Waals surface area contributed by atoms with Crippen molar-refractivity contribution in [2.24, 2.45) is 0 Å². The zero-order valence-corrected chi connectivity index (χ0v) is 9.78. The first kappa shape index (κ1) is 10.6. The van der Waals surface area contributed by atoms with E-state index in [0.29, 0.717) is 0 Å². The second-order valence-electron chi connectivity index (χ2n) is 2.54. The number of methoxy groups -OCH3 is 1. The van der Waals surface area contributed by atoms with Gasteiger partial charge in [0.15, 0.2) is 11.5 Å². The summed E-state index contributed by atoms with van der Waals surface area (Å²) in [5.74, 6) is 1.63. The number of alkyl halides is 1. The molecule has 0 radical (unpaired) electrons. The average molecular weight is 292 g/mol. The number of ether oxygens (including phenoxy) is 2. The summed E-state index contributed by atoms with van der Waals surface area (Å²) < 4.78 is 11.8. The van der Waals surface area contributed by atoms with Gasteiger partial charge in [0.25, 0.3) is 0 Å². The summed E-state index contributed by atoms with van der Waals surface area (Å²) >= 11 is 2.34. The third-order valence-corrected chi connectivity index (χ3v) is 2.37. The molecule has 1 rings (SSSR count). The van der Waals surface area contributed by atoms with E-state index in [2.05, 4.69) is 22.6 Å². The minimum absolute atomic E-state index is 0.753. The van der Waals surface area contributed by atoms with E-state index < -0.39 is 0 Å². The van der Waals surface area contributed by atoms with E-state index in [1.54, 1.807) is 7.11 Å². The first-order valence-corrected chi connectivity index (χ1v) is 5.73. The van der Waals surface area contributed by atoms with Crippen molar-refractivity contribution in [1.82, 2.24) is 0 Å². The standard InChI is InChI=1S/C10H13IO2/c1-12-9-5-2-3-6-10(9)13-8-4-7-11/h2-3,5-6H,4,7-8H2,1H3. The monoisotopic (exact) mass is 292 g/mol. The maximum atomic E-state index is 5.54. The third kappa shape index (κ3) is 3.42. The molecule has 1 aromatic rings. The van der Waals surface area contributed by atoms with Crippen molar-refractivity contribution in [3.8, 4) is 11.5 Å². The molecule has 0 N–H and O–H groups in total. The molecule has 0 aliphatic heterocycles. The quantitative estimate of drug-likeness (QED) is 0.472. The molecule has 3 heteroatoms. The normalized spacial score (nSPS) is 9.69. The summed E-state index contributed by atoms with van der Waals surface area (Å²) in [5, 5.41) is 0. The lowest BCUT2D eigenvalue weighted by atomic mass is 10.3. The first-order valence-electron chi connectivity index (χ1n) is 4.20. The average Bonchev–Trinajstić information content (AvgIpc) is 2.19. The molecular weight excluding hydrogens is 279 g/mol. The Hall–Kier alpha value is -0.450. The highest BCUT2D eigenvalue weighted by Gasteiger charge is 2.00. The van der Waals surface area contributed by atoms with E-state index in [0.717, 1.165) is 29.0 Å². The molecule has 0 aliphatic rings. The Morgan fingerprint density at radius 2 is 1.92 bits per heavy atom. The lowest BCUT2D eigenvalue weighted by molar-refractivity contribution is 0.296. The molecule has 72 valence electrons. The van der Waals surface area contributed by atoms with Gasteiger partial charge in [-0.1, -0.05) is 34.7 Å². The van der Waals surface area contributed by atoms with Gasteiger partial charge in [-0.05, 0) is 18.6 Å². The fourth-order valence-electron chi connectivity index (χ4n) is 0.975. The molecule has 0 bridgehead atoms. The number of halogens is 1. The van der Waals surface area contributed by atoms with E-state index in [1.807, 2.05) is 24.3 Å². The molecule has 0 saturated carbocycles. The SMILES string of the molecule is COc1ccccc1OCCCI. The van der Waals surface area contributed by atoms with Gasteiger partial charge < -0.3 is 9.47 Å². The number of rotatable bonds is 5. The lowest BCUT2D eigenvalue weighted by Gasteiger charge is -2.08. The van der Waals surface area contributed by atoms with Crippen LogP contribution in [0.2, 0.25) is 0 Å². The fraction of sp³-hybridized carbons (Fsp3) is 0.400. The van der Waals surface area contributed by atoms with Crippen LogP contribution in [0.5, 0.6) is 11.5 Å². The second kappa shape index (κ2) is 6.07. The van der Waals surface area contributed by atoms with Crippen LogP contribution in [-0.2, 0) is 0 Å². The number of hydrogen-bond acceptors (Lipinski definition) is 2. The van der Waals surface area contributed by atoms with E-state index in [1.165, 1.54) is 0 Å². The Kier molecular flexibility index (Phi) is 4.97. The molecule has 13 heavy (non-hydrogen) atoms. The smallest absolute Gasteiger partial charge is 0.161 e. The predicted octanol–water partition coefficient (Wildman–Crippen LogP) is 2.90. The molecule has 0 atom stereocenters. The van der Waals surface area contributed by atoms with Crippen molar-refractivity contribution in [2.75, 3.05) is 18.1 Å². The molecule has 0 amide bonds. The summed E-state index contributed by atoms with van der Waals surface area (Å²) in [6.07, 6.45) is 1.07. The molecule has 0 heterocycles. The van der Waals surface area contributed by atoms with Crippen LogP contribution in [0, 0.1) is 0 Å². The van der Waals surface area contributed by atoms with Gasteiger partial charge in [-0.15, -0.1) is 0 Å². The van der Waals surface area contributed by atoms with E-state index in [4.69, 9.17) is 9.47 Å². The van der Waals surface area contributed by atoms with Gasteiger partial charge in [0.05, 0.1) is 13.7 Å². The van der Waals surface area contributed by atoms with Gasteiger partial charge in [0.2, 0.25) is 0 Å². The molecule has 0 fully saturated rings. The highest BCUT2D eigenvalue weighted by molar-refractivity contribution is 14.1. The zero-order valence-electron chi connectivity index (χ0n) is 7.63. The maximum absolute atomic E-state index is 5.54. The van der Waals surface area contributed by atoms with Crippen molar-refractivity contribution >= 4 is 22.6 Å². The van der Waals surface area contributed by atoms with E-state index in [9.17, 15) is 0 Å². The van der Waals surface area contributed by atoms with Crippen molar-refractivity contribution in [1.29, 1.82) is 0 Å². The summed E-state index contributed by atoms with van der Waals surface area (Å²) in [7, 11) is 1.65. The van der Waals surface area contributed by atoms with Gasteiger partial charge >= 0.3 is 0 Å². The Labute approximate surface area is 92.4 Å². The minimum atomic E-state index is 0.753. The van der Waals surface area contributed by atoms with Gasteiger partial charge in [-0.25, -0.2) is 0 Å². The molecule has 2 nitrogen and oxygen atoms in total. The van der Waals surface area contributed by atoms with E-state index >= 15 is 0 Å². The van der Waals surface area contributed by atoms with Crippen LogP contribution >= 0.6 is 22.6 Å². The van der Waals surface area contributed by atoms with Crippen LogP contribution in [-0.4, -0.2) is 18.1 Å². The van der Waals surface area contributed by atoms with Crippen molar-refractivity contribution in [3.05, 3.63) is 24.3 Å². The molecule has 0 spiro atoms. The molecule has 0 aliphatic carbocycles. The topological polar surface area (TPSA) is 18.5 Å². The lowest BCUT2D eigenvalue weighted by Crippen LogP contribution is -1.99. The van der Waals surface area contributed by atoms with Crippen LogP contribution in [0.15, 0.2) is 24.3 Å². The van der Waals surface area contributed by atoms with E-state index in [-0.39, 0.29) is 0 Å². The van der Waals surface area contributed by atoms with Crippen molar-refractivity contribution in [2.45, 2.75) is 6.42 Å². The Balaban J connectivity index is 2.54. The minimum Gasteiger partial charge on any atom is -0.493 e. The van der Waals surface area contributed by atoms with Gasteiger partial charge in [-0.2, -0.15) is 0 Å². The number of hydrogen-bond donors (Lipinski definition) is 0. The van der Waals surface area contributed by atoms with Crippen molar-refractivity contribution < 1.29 is 9.47 Å². The molecule has 0 unspecified atom stereocenters. The van der Waals surface area contributed by atoms with Gasteiger partial charge in [-0.3, -0.25) is 0 Å². The molecule has 0 saturated heterocycles. The molecule has 1 aromatic carbocycles. The maximum Gasteiger partial charge on any atom is 0.161 e. The first-order chi connectivity index (χ1) is 6.38. The molecular formula is C10H13IO2. The molecule has 0 aromatic heterocycles. The number of benzene rings is 1. The van der Waals surface area contributed by atoms with Crippen LogP contribution in [0.3, 0.4) is 0 Å². The van der Waals surface area contributed by atoms with Crippen LogP contribution in [0.1, 0.15) is 6.42 Å². The van der Waals surface area contributed by atoms with Crippen LogP contribution in [0.4, 0.5) is 0 Å². The van der Waals surface area contributed by atoms with Crippen molar-refractivity contribution in [3.63, 3.8) is 0 Å². The largest absolute Gasteiger partial charge is 0.493 e. The Morgan fingerprint density at radius 3 is 2.54 bits per heavy atom. The summed E-state index contributed by atoms with van der Waals surface area (Å²) in [5.41, 5.74) is 0. The Bertz CT molecular complexity index is 250. The summed E-state index contributed by atoms with van der Waals surface area (Å²) in [4.78, 5) is 0. The Morgan fingerprint density at radius 1 is 1.23 bits per heavy atom. The van der Waals surface area contributed by atoms with Gasteiger partial charge in [0.1, 0.15) is 0 Å². The predicted molar refractivity (Wildman–Crippen MR) is 62.0 cm³/mol. The number of para-hydroxylation sites is 2. The van der Waals surface area contributed by atoms with Gasteiger partial charge in [0, 0.05) is 4.43 Å². The zero-order chi connectivity index (χ0) is 9.52. The fourth-order valence-corrected chi connectivity index (χ4v) is 1.29. The van der Waals surface area contributed by atoms with Crippen LogP contribution < -0.4 is 9.47 Å². The summed E-state index contributed by atoms with van der Waals surface area (Å²) in [6, 6.07) is 7.71. The van der Waals surface area contributed by atoms with Crippen LogP contribution in [0.25, 0.3) is 0 Å². The highest BCUT2D eigenvalue weighted by atomic mass is 127. The third-order valence-electron chi connectivity index (χ3n) is 1.60. The summed E-state index contributed by atoms with van der Waals surface area (Å²) in [6.45, 7) is 0.753.